The SMILES string of the molecule is O=C(Cc1ccc2c(c1)OCCO2)N/N=C\c1cccc(Cl)c1. The molecular weight excluding hydrogens is 316 g/mol. The molecule has 0 aromatic heterocycles. The molecule has 6 heteroatoms. The van der Waals surface area contributed by atoms with Crippen molar-refractivity contribution < 1.29 is 14.3 Å². The molecule has 2 aromatic rings. The zero-order chi connectivity index (χ0) is 16.1. The first-order valence-corrected chi connectivity index (χ1v) is 7.54. The van der Waals surface area contributed by atoms with Gasteiger partial charge in [-0.3, -0.25) is 4.79 Å². The molecule has 1 amide bonds. The molecule has 1 aliphatic heterocycles. The molecule has 3 rings (SSSR count). The van der Waals surface area contributed by atoms with Crippen molar-refractivity contribution in [1.82, 2.24) is 5.43 Å². The van der Waals surface area contributed by atoms with Crippen LogP contribution in [0, 0.1) is 0 Å². The second-order valence-electron chi connectivity index (χ2n) is 5.00. The number of carbonyl (C=O) groups excluding carboxylic acids is 1. The van der Waals surface area contributed by atoms with Gasteiger partial charge in [-0.1, -0.05) is 29.8 Å². The van der Waals surface area contributed by atoms with E-state index in [2.05, 4.69) is 10.5 Å². The first-order valence-electron chi connectivity index (χ1n) is 7.17. The van der Waals surface area contributed by atoms with E-state index >= 15 is 0 Å². The summed E-state index contributed by atoms with van der Waals surface area (Å²) in [7, 11) is 0. The standard InChI is InChI=1S/C17H15ClN2O3/c18-14-3-1-2-13(8-14)11-19-20-17(21)10-12-4-5-15-16(9-12)23-7-6-22-15/h1-5,8-9,11H,6-7,10H2,(H,20,21)/b19-11-. The Morgan fingerprint density at radius 3 is 2.83 bits per heavy atom. The van der Waals surface area contributed by atoms with E-state index in [0.29, 0.717) is 29.7 Å². The Morgan fingerprint density at radius 1 is 1.17 bits per heavy atom. The van der Waals surface area contributed by atoms with Crippen LogP contribution in [-0.4, -0.2) is 25.3 Å². The van der Waals surface area contributed by atoms with E-state index in [1.54, 1.807) is 18.3 Å². The number of hydrogen-bond donors (Lipinski definition) is 1. The Bertz CT molecular complexity index is 746. The van der Waals surface area contributed by atoms with Crippen molar-refractivity contribution in [3.8, 4) is 11.5 Å². The lowest BCUT2D eigenvalue weighted by atomic mass is 10.1. The van der Waals surface area contributed by atoms with E-state index < -0.39 is 0 Å². The Morgan fingerprint density at radius 2 is 2.00 bits per heavy atom. The topological polar surface area (TPSA) is 59.9 Å². The van der Waals surface area contributed by atoms with Gasteiger partial charge >= 0.3 is 0 Å². The molecule has 0 saturated heterocycles. The number of amides is 1. The van der Waals surface area contributed by atoms with Crippen LogP contribution in [0.25, 0.3) is 0 Å². The van der Waals surface area contributed by atoms with E-state index in [4.69, 9.17) is 21.1 Å². The summed E-state index contributed by atoms with van der Waals surface area (Å²) in [5.74, 6) is 1.17. The van der Waals surface area contributed by atoms with Crippen molar-refractivity contribution in [2.45, 2.75) is 6.42 Å². The van der Waals surface area contributed by atoms with Crippen molar-refractivity contribution in [3.05, 3.63) is 58.6 Å². The molecule has 0 saturated carbocycles. The van der Waals surface area contributed by atoms with Gasteiger partial charge in [-0.2, -0.15) is 5.10 Å². The largest absolute Gasteiger partial charge is 0.486 e. The third-order valence-corrected chi connectivity index (χ3v) is 3.46. The molecule has 1 heterocycles. The third-order valence-electron chi connectivity index (χ3n) is 3.22. The number of hydrazone groups is 1. The van der Waals surface area contributed by atoms with Crippen LogP contribution >= 0.6 is 11.6 Å². The van der Waals surface area contributed by atoms with Crippen LogP contribution in [0.5, 0.6) is 11.5 Å². The van der Waals surface area contributed by atoms with Crippen LogP contribution in [0.3, 0.4) is 0 Å². The fraction of sp³-hybridized carbons (Fsp3) is 0.176. The second kappa shape index (κ2) is 7.15. The quantitative estimate of drug-likeness (QED) is 0.692. The van der Waals surface area contributed by atoms with E-state index in [1.807, 2.05) is 30.3 Å². The maximum absolute atomic E-state index is 11.9. The molecular formula is C17H15ClN2O3. The summed E-state index contributed by atoms with van der Waals surface area (Å²) in [6.07, 6.45) is 1.76. The monoisotopic (exact) mass is 330 g/mol. The Hall–Kier alpha value is -2.53. The van der Waals surface area contributed by atoms with Crippen molar-refractivity contribution in [3.63, 3.8) is 0 Å². The highest BCUT2D eigenvalue weighted by atomic mass is 35.5. The molecule has 0 unspecified atom stereocenters. The second-order valence-corrected chi connectivity index (χ2v) is 5.44. The lowest BCUT2D eigenvalue weighted by Crippen LogP contribution is -2.20. The molecule has 0 atom stereocenters. The normalized spacial score (nSPS) is 13.1. The Balaban J connectivity index is 1.57. The molecule has 0 fully saturated rings. The Labute approximate surface area is 138 Å². The maximum Gasteiger partial charge on any atom is 0.244 e. The molecule has 118 valence electrons. The number of rotatable bonds is 4. The van der Waals surface area contributed by atoms with Crippen LogP contribution in [0.4, 0.5) is 0 Å². The van der Waals surface area contributed by atoms with Crippen LogP contribution in [0.1, 0.15) is 11.1 Å². The summed E-state index contributed by atoms with van der Waals surface area (Å²) in [6, 6.07) is 12.7. The average Bonchev–Trinajstić information content (AvgIpc) is 2.55. The van der Waals surface area contributed by atoms with Gasteiger partial charge in [0.1, 0.15) is 13.2 Å². The maximum atomic E-state index is 11.9. The Kier molecular flexibility index (Phi) is 4.78. The molecule has 23 heavy (non-hydrogen) atoms. The minimum absolute atomic E-state index is 0.208. The zero-order valence-electron chi connectivity index (χ0n) is 12.3. The first-order chi connectivity index (χ1) is 11.2. The van der Waals surface area contributed by atoms with Gasteiger partial charge in [0.15, 0.2) is 11.5 Å². The van der Waals surface area contributed by atoms with Gasteiger partial charge in [-0.15, -0.1) is 0 Å². The average molecular weight is 331 g/mol. The molecule has 0 spiro atoms. The van der Waals surface area contributed by atoms with Crippen LogP contribution in [0.15, 0.2) is 47.6 Å². The molecule has 2 aromatic carbocycles. The fourth-order valence-electron chi connectivity index (χ4n) is 2.19. The van der Waals surface area contributed by atoms with Crippen molar-refractivity contribution >= 4 is 23.7 Å². The van der Waals surface area contributed by atoms with E-state index in [-0.39, 0.29) is 12.3 Å². The van der Waals surface area contributed by atoms with E-state index in [9.17, 15) is 4.79 Å². The van der Waals surface area contributed by atoms with Crippen molar-refractivity contribution in [2.75, 3.05) is 13.2 Å². The van der Waals surface area contributed by atoms with Gasteiger partial charge in [-0.25, -0.2) is 5.43 Å². The fourth-order valence-corrected chi connectivity index (χ4v) is 2.39. The van der Waals surface area contributed by atoms with Crippen LogP contribution in [0.2, 0.25) is 5.02 Å². The number of nitrogens with zero attached hydrogens (tertiary/aromatic N) is 1. The molecule has 0 bridgehead atoms. The van der Waals surface area contributed by atoms with E-state index in [0.717, 1.165) is 11.1 Å². The lowest BCUT2D eigenvalue weighted by Gasteiger charge is -2.18. The number of ether oxygens (including phenoxy) is 2. The number of hydrogen-bond acceptors (Lipinski definition) is 4. The van der Waals surface area contributed by atoms with Gasteiger partial charge in [0, 0.05) is 5.02 Å². The highest BCUT2D eigenvalue weighted by Gasteiger charge is 2.12. The zero-order valence-corrected chi connectivity index (χ0v) is 13.0. The summed E-state index contributed by atoms with van der Waals surface area (Å²) < 4.78 is 10.9. The van der Waals surface area contributed by atoms with Gasteiger partial charge < -0.3 is 9.47 Å². The highest BCUT2D eigenvalue weighted by Crippen LogP contribution is 2.30. The smallest absolute Gasteiger partial charge is 0.244 e. The number of halogens is 1. The number of benzene rings is 2. The van der Waals surface area contributed by atoms with Gasteiger partial charge in [0.25, 0.3) is 0 Å². The van der Waals surface area contributed by atoms with E-state index in [1.165, 1.54) is 0 Å². The minimum Gasteiger partial charge on any atom is -0.486 e. The third kappa shape index (κ3) is 4.23. The summed E-state index contributed by atoms with van der Waals surface area (Å²) >= 11 is 5.88. The number of carbonyl (C=O) groups is 1. The van der Waals surface area contributed by atoms with Crippen LogP contribution < -0.4 is 14.9 Å². The number of nitrogens with one attached hydrogen (secondary N) is 1. The number of fused-ring (bicyclic) bond motifs is 1. The molecule has 1 aliphatic rings. The predicted octanol–water partition coefficient (Wildman–Crippen LogP) is 2.80. The summed E-state index contributed by atoms with van der Waals surface area (Å²) in [4.78, 5) is 11.9. The summed E-state index contributed by atoms with van der Waals surface area (Å²) in [6.45, 7) is 1.07. The van der Waals surface area contributed by atoms with Gasteiger partial charge in [0.2, 0.25) is 5.91 Å². The highest BCUT2D eigenvalue weighted by molar-refractivity contribution is 6.30. The van der Waals surface area contributed by atoms with Crippen molar-refractivity contribution in [2.24, 2.45) is 5.10 Å². The minimum atomic E-state index is -0.208. The molecule has 1 N–H and O–H groups in total. The predicted molar refractivity (Wildman–Crippen MR) is 88.3 cm³/mol. The molecule has 0 aliphatic carbocycles. The van der Waals surface area contributed by atoms with Gasteiger partial charge in [0.05, 0.1) is 12.6 Å². The molecule has 0 radical (unpaired) electrons. The van der Waals surface area contributed by atoms with Crippen LogP contribution in [-0.2, 0) is 11.2 Å². The van der Waals surface area contributed by atoms with Crippen molar-refractivity contribution in [1.29, 1.82) is 0 Å². The summed E-state index contributed by atoms with van der Waals surface area (Å²) in [5.41, 5.74) is 4.15. The first kappa shape index (κ1) is 15.4. The lowest BCUT2D eigenvalue weighted by molar-refractivity contribution is -0.120. The molecule has 5 nitrogen and oxygen atoms in total. The summed E-state index contributed by atoms with van der Waals surface area (Å²) in [5, 5.41) is 4.55. The van der Waals surface area contributed by atoms with Gasteiger partial charge in [-0.05, 0) is 35.4 Å².